The van der Waals surface area contributed by atoms with Gasteiger partial charge in [-0.05, 0) is 37.6 Å². The van der Waals surface area contributed by atoms with E-state index in [0.29, 0.717) is 11.3 Å². The van der Waals surface area contributed by atoms with E-state index in [9.17, 15) is 18.0 Å². The van der Waals surface area contributed by atoms with Gasteiger partial charge in [0.05, 0.1) is 11.6 Å². The lowest BCUT2D eigenvalue weighted by Gasteiger charge is -2.15. The smallest absolute Gasteiger partial charge is 0.272 e. The fourth-order valence-corrected chi connectivity index (χ4v) is 2.35. The first-order chi connectivity index (χ1) is 8.71. The molecule has 0 spiro atoms. The number of carbonyl (C=O) groups is 1. The third-order valence-electron chi connectivity index (χ3n) is 2.87. The molecule has 0 aliphatic carbocycles. The van der Waals surface area contributed by atoms with Gasteiger partial charge in [0.15, 0.2) is 5.71 Å². The van der Waals surface area contributed by atoms with Crippen molar-refractivity contribution in [1.82, 2.24) is 0 Å². The maximum absolute atomic E-state index is 12.7. The van der Waals surface area contributed by atoms with E-state index in [2.05, 4.69) is 21.0 Å². The quantitative estimate of drug-likeness (QED) is 0.771. The summed E-state index contributed by atoms with van der Waals surface area (Å²) >= 11 is 3.26. The largest absolute Gasteiger partial charge is 0.432 e. The van der Waals surface area contributed by atoms with Gasteiger partial charge >= 0.3 is 6.18 Å². The van der Waals surface area contributed by atoms with Gasteiger partial charge in [-0.2, -0.15) is 23.3 Å². The zero-order valence-electron chi connectivity index (χ0n) is 10.1. The number of benzene rings is 1. The SMILES string of the molecule is Cc1cc(Br)ccc1N1N=C(C(F)(F)F)C(C)C1=O. The number of anilines is 1. The summed E-state index contributed by atoms with van der Waals surface area (Å²) in [5.74, 6) is -1.94. The molecule has 2 rings (SSSR count). The number of amides is 1. The molecule has 0 saturated heterocycles. The molecule has 3 nitrogen and oxygen atoms in total. The molecular formula is C12H10BrF3N2O. The normalized spacial score (nSPS) is 19.9. The predicted octanol–water partition coefficient (Wildman–Crippen LogP) is 3.66. The fourth-order valence-electron chi connectivity index (χ4n) is 1.88. The Labute approximate surface area is 116 Å². The van der Waals surface area contributed by atoms with Gasteiger partial charge in [-0.15, -0.1) is 0 Å². The summed E-state index contributed by atoms with van der Waals surface area (Å²) < 4.78 is 38.9. The third kappa shape index (κ3) is 2.51. The fraction of sp³-hybridized carbons (Fsp3) is 0.333. The second-order valence-corrected chi connectivity index (χ2v) is 5.20. The summed E-state index contributed by atoms with van der Waals surface area (Å²) in [6, 6.07) is 4.93. The molecule has 0 N–H and O–H groups in total. The molecule has 19 heavy (non-hydrogen) atoms. The van der Waals surface area contributed by atoms with E-state index in [1.807, 2.05) is 0 Å². The van der Waals surface area contributed by atoms with Crippen LogP contribution >= 0.6 is 15.9 Å². The van der Waals surface area contributed by atoms with Crippen LogP contribution in [0.15, 0.2) is 27.8 Å². The number of hydrogen-bond donors (Lipinski definition) is 0. The van der Waals surface area contributed by atoms with Gasteiger partial charge in [0, 0.05) is 4.47 Å². The Morgan fingerprint density at radius 3 is 2.47 bits per heavy atom. The van der Waals surface area contributed by atoms with Crippen molar-refractivity contribution in [3.05, 3.63) is 28.2 Å². The van der Waals surface area contributed by atoms with Crippen LogP contribution in [-0.4, -0.2) is 17.8 Å². The molecule has 102 valence electrons. The van der Waals surface area contributed by atoms with E-state index in [4.69, 9.17) is 0 Å². The Balaban J connectivity index is 2.46. The van der Waals surface area contributed by atoms with Crippen molar-refractivity contribution >= 4 is 33.2 Å². The highest BCUT2D eigenvalue weighted by atomic mass is 79.9. The molecule has 1 aliphatic heterocycles. The summed E-state index contributed by atoms with van der Waals surface area (Å²) in [5, 5.41) is 4.27. The standard InChI is InChI=1S/C12H10BrF3N2O/c1-6-5-8(13)3-4-9(6)18-11(19)7(2)10(17-18)12(14,15)16/h3-5,7H,1-2H3. The molecule has 7 heteroatoms. The Morgan fingerprint density at radius 2 is 2.00 bits per heavy atom. The minimum Gasteiger partial charge on any atom is -0.272 e. The molecule has 1 amide bonds. The summed E-state index contributed by atoms with van der Waals surface area (Å²) in [6.45, 7) is 2.92. The van der Waals surface area contributed by atoms with E-state index in [-0.39, 0.29) is 0 Å². The van der Waals surface area contributed by atoms with Crippen LogP contribution in [0.2, 0.25) is 0 Å². The Morgan fingerprint density at radius 1 is 1.37 bits per heavy atom. The lowest BCUT2D eigenvalue weighted by atomic mass is 10.1. The van der Waals surface area contributed by atoms with Gasteiger partial charge in [-0.3, -0.25) is 4.79 Å². The highest BCUT2D eigenvalue weighted by Gasteiger charge is 2.48. The number of hydrogen-bond acceptors (Lipinski definition) is 2. The first kappa shape index (κ1) is 14.0. The van der Waals surface area contributed by atoms with Crippen molar-refractivity contribution in [3.63, 3.8) is 0 Å². The third-order valence-corrected chi connectivity index (χ3v) is 3.37. The Bertz CT molecular complexity index is 569. The molecule has 1 heterocycles. The van der Waals surface area contributed by atoms with Crippen LogP contribution in [0.25, 0.3) is 0 Å². The summed E-state index contributed by atoms with van der Waals surface area (Å²) in [6.07, 6.45) is -4.59. The van der Waals surface area contributed by atoms with E-state index < -0.39 is 23.7 Å². The Kier molecular flexibility index (Phi) is 3.42. The lowest BCUT2D eigenvalue weighted by Crippen LogP contribution is -2.31. The number of carbonyl (C=O) groups excluding carboxylic acids is 1. The number of hydrazone groups is 1. The minimum absolute atomic E-state index is 0.360. The second-order valence-electron chi connectivity index (χ2n) is 4.29. The molecule has 0 aromatic heterocycles. The molecule has 0 saturated carbocycles. The molecule has 0 radical (unpaired) electrons. The van der Waals surface area contributed by atoms with Crippen LogP contribution in [0.3, 0.4) is 0 Å². The number of alkyl halides is 3. The zero-order chi connectivity index (χ0) is 14.4. The number of aryl methyl sites for hydroxylation is 1. The van der Waals surface area contributed by atoms with Gasteiger partial charge in [0.1, 0.15) is 0 Å². The van der Waals surface area contributed by atoms with Gasteiger partial charge in [0.2, 0.25) is 0 Å². The monoisotopic (exact) mass is 334 g/mol. The van der Waals surface area contributed by atoms with Crippen LogP contribution in [-0.2, 0) is 4.79 Å². The molecular weight excluding hydrogens is 325 g/mol. The van der Waals surface area contributed by atoms with Crippen molar-refractivity contribution in [3.8, 4) is 0 Å². The van der Waals surface area contributed by atoms with Crippen molar-refractivity contribution in [2.45, 2.75) is 20.0 Å². The maximum Gasteiger partial charge on any atom is 0.432 e. The molecule has 1 aliphatic rings. The molecule has 1 aromatic rings. The van der Waals surface area contributed by atoms with Crippen molar-refractivity contribution in [2.75, 3.05) is 5.01 Å². The first-order valence-electron chi connectivity index (χ1n) is 5.47. The van der Waals surface area contributed by atoms with Crippen molar-refractivity contribution < 1.29 is 18.0 Å². The van der Waals surface area contributed by atoms with Gasteiger partial charge in [-0.25, -0.2) is 0 Å². The second kappa shape index (κ2) is 4.63. The molecule has 1 aromatic carbocycles. The number of nitrogens with zero attached hydrogens (tertiary/aromatic N) is 2. The summed E-state index contributed by atoms with van der Waals surface area (Å²) in [7, 11) is 0. The average molecular weight is 335 g/mol. The van der Waals surface area contributed by atoms with E-state index >= 15 is 0 Å². The Hall–Kier alpha value is -1.37. The van der Waals surface area contributed by atoms with E-state index in [0.717, 1.165) is 9.48 Å². The molecule has 1 atom stereocenters. The van der Waals surface area contributed by atoms with Crippen molar-refractivity contribution in [2.24, 2.45) is 11.0 Å². The summed E-state index contributed by atoms with van der Waals surface area (Å²) in [5.41, 5.74) is -0.0266. The van der Waals surface area contributed by atoms with Crippen LogP contribution in [0.4, 0.5) is 18.9 Å². The average Bonchev–Trinajstić information content (AvgIpc) is 2.56. The molecule has 0 fully saturated rings. The highest BCUT2D eigenvalue weighted by molar-refractivity contribution is 9.10. The summed E-state index contributed by atoms with van der Waals surface area (Å²) in [4.78, 5) is 11.9. The van der Waals surface area contributed by atoms with Crippen LogP contribution < -0.4 is 5.01 Å². The maximum atomic E-state index is 12.7. The molecule has 1 unspecified atom stereocenters. The van der Waals surface area contributed by atoms with E-state index in [1.54, 1.807) is 25.1 Å². The van der Waals surface area contributed by atoms with Gasteiger partial charge < -0.3 is 0 Å². The lowest BCUT2D eigenvalue weighted by molar-refractivity contribution is -0.120. The number of halogens is 4. The van der Waals surface area contributed by atoms with E-state index in [1.165, 1.54) is 6.92 Å². The van der Waals surface area contributed by atoms with Gasteiger partial charge in [-0.1, -0.05) is 15.9 Å². The molecule has 0 bridgehead atoms. The van der Waals surface area contributed by atoms with Crippen LogP contribution in [0.5, 0.6) is 0 Å². The van der Waals surface area contributed by atoms with Crippen LogP contribution in [0.1, 0.15) is 12.5 Å². The van der Waals surface area contributed by atoms with Gasteiger partial charge in [0.25, 0.3) is 5.91 Å². The van der Waals surface area contributed by atoms with Crippen LogP contribution in [0, 0.1) is 12.8 Å². The first-order valence-corrected chi connectivity index (χ1v) is 6.27. The highest BCUT2D eigenvalue weighted by Crippen LogP contribution is 2.33. The number of rotatable bonds is 1. The van der Waals surface area contributed by atoms with Crippen molar-refractivity contribution in [1.29, 1.82) is 0 Å². The predicted molar refractivity (Wildman–Crippen MR) is 69.0 cm³/mol. The zero-order valence-corrected chi connectivity index (χ0v) is 11.7. The topological polar surface area (TPSA) is 32.7 Å². The minimum atomic E-state index is -4.59.